The molecule has 9 N–H and O–H groups in total. The zero-order valence-electron chi connectivity index (χ0n) is 44.8. The Morgan fingerprint density at radius 3 is 1.48 bits per heavy atom. The molecule has 0 saturated carbocycles. The number of methoxy groups -OCH3 is 1. The Morgan fingerprint density at radius 2 is 1.24 bits per heavy atom. The number of morpholine rings is 1. The van der Waals surface area contributed by atoms with Gasteiger partial charge in [-0.15, -0.1) is 0 Å². The van der Waals surface area contributed by atoms with E-state index >= 15 is 0 Å². The molecular weight excluding hydrogens is 869 g/mol. The molecule has 1 aromatic heterocycles. The highest BCUT2D eigenvalue weighted by atomic mass is 32.2. The molecule has 15 nitrogen and oxygen atoms in total. The number of benzene rings is 3. The van der Waals surface area contributed by atoms with Crippen molar-refractivity contribution in [3.05, 3.63) is 125 Å². The lowest BCUT2D eigenvalue weighted by atomic mass is 10.1. The quantitative estimate of drug-likeness (QED) is 0.0659. The Labute approximate surface area is 411 Å². The average molecular weight is 963 g/mol. The van der Waals surface area contributed by atoms with E-state index in [4.69, 9.17) is 36.3 Å². The molecule has 4 aromatic rings. The number of allylic oxidation sites excluding steroid dienone is 2. The van der Waals surface area contributed by atoms with Crippen molar-refractivity contribution in [1.29, 1.82) is 0 Å². The number of likely N-dealkylation sites (N-methyl/N-ethyl adjacent to an activating group) is 1. The standard InChI is InChI=1S/C10H10.C7H8O.C7H8.C5H11NO.C4H6N2.C3H9N.C3H6O.C2H7N3.C2H7N.C2H4O2.2C2H6O.C2H6S/c1-8-6-7-9-4-2-3-5-10(8)9;1-6-2-4-7(8)5-3-6;1-7-5-3-2-4-6-7;1-6-2-4-7-5-3-6;1-4-2-5-3-6-4;1-4(2)3;1-3(2)4;1-5-2(3)4;1-3-2;1-2(3)4;1-3-2;1-2-3;1-3-2/h2-6H,7H2,1H3;2-5,8H,1H3;2-6H,1H3;2-5H2,1H3;2-3H,1H3,(H,5,6);1-3H3;1-2H3;1H3,(H4,3,4,5);3H,1-2H3;1H3,(H,3,4);1-2H3;3H,2H2,1H3;1-2H3. The van der Waals surface area contributed by atoms with Crippen LogP contribution in [0.2, 0.25) is 0 Å². The van der Waals surface area contributed by atoms with E-state index in [-0.39, 0.29) is 18.3 Å². The summed E-state index contributed by atoms with van der Waals surface area (Å²) < 4.78 is 9.35. The van der Waals surface area contributed by atoms with E-state index in [0.717, 1.165) is 45.3 Å². The van der Waals surface area contributed by atoms with Crippen LogP contribution >= 0.6 is 11.8 Å². The summed E-state index contributed by atoms with van der Waals surface area (Å²) in [6, 6.07) is 25.9. The number of aromatic nitrogens is 2. The van der Waals surface area contributed by atoms with Crippen LogP contribution in [0.15, 0.2) is 102 Å². The number of rotatable bonds is 0. The first-order valence-corrected chi connectivity index (χ1v) is 23.1. The summed E-state index contributed by atoms with van der Waals surface area (Å²) in [5.74, 6) is -0.208. The molecule has 67 heavy (non-hydrogen) atoms. The van der Waals surface area contributed by atoms with Gasteiger partial charge < -0.3 is 61.2 Å². The first-order chi connectivity index (χ1) is 31.5. The fourth-order valence-corrected chi connectivity index (χ4v) is 3.52. The summed E-state index contributed by atoms with van der Waals surface area (Å²) in [4.78, 5) is 32.7. The minimum absolute atomic E-state index is 0.130. The van der Waals surface area contributed by atoms with Gasteiger partial charge in [-0.25, -0.2) is 4.98 Å². The van der Waals surface area contributed by atoms with Gasteiger partial charge >= 0.3 is 0 Å². The fourth-order valence-electron chi connectivity index (χ4n) is 3.52. The number of phenolic OH excluding ortho intramolecular Hbond substituents is 1. The number of hydrogen-bond acceptors (Lipinski definition) is 12. The van der Waals surface area contributed by atoms with Gasteiger partial charge in [-0.05, 0) is 139 Å². The van der Waals surface area contributed by atoms with Crippen LogP contribution in [0.3, 0.4) is 0 Å². The molecule has 6 rings (SSSR count). The number of phenols is 1. The monoisotopic (exact) mass is 963 g/mol. The number of carboxylic acids is 1. The van der Waals surface area contributed by atoms with Gasteiger partial charge in [0.25, 0.3) is 5.97 Å². The number of H-pyrrole nitrogens is 1. The van der Waals surface area contributed by atoms with Crippen LogP contribution in [0, 0.1) is 20.8 Å². The van der Waals surface area contributed by atoms with Crippen molar-refractivity contribution in [2.45, 2.75) is 61.8 Å². The van der Waals surface area contributed by atoms with Crippen LogP contribution in [-0.2, 0) is 25.5 Å². The lowest BCUT2D eigenvalue weighted by Crippen LogP contribution is -2.32. The lowest BCUT2D eigenvalue weighted by Gasteiger charge is -2.21. The van der Waals surface area contributed by atoms with Gasteiger partial charge in [0.1, 0.15) is 11.5 Å². The Morgan fingerprint density at radius 1 is 0.881 bits per heavy atom. The highest BCUT2D eigenvalue weighted by molar-refractivity contribution is 7.97. The molecule has 1 aliphatic heterocycles. The zero-order valence-corrected chi connectivity index (χ0v) is 45.6. The molecule has 0 spiro atoms. The van der Waals surface area contributed by atoms with E-state index in [9.17, 15) is 4.79 Å². The number of hydrogen-bond donors (Lipinski definition) is 7. The third kappa shape index (κ3) is 84.9. The van der Waals surface area contributed by atoms with Gasteiger partial charge in [0.15, 0.2) is 5.96 Å². The second kappa shape index (κ2) is 60.9. The summed E-state index contributed by atoms with van der Waals surface area (Å²) in [6.45, 7) is 18.3. The minimum atomic E-state index is -0.833. The van der Waals surface area contributed by atoms with E-state index < -0.39 is 5.97 Å². The van der Waals surface area contributed by atoms with Crippen LogP contribution in [0.4, 0.5) is 0 Å². The number of nitrogens with zero attached hydrogens (tertiary/aromatic N) is 4. The molecule has 2 heterocycles. The number of aliphatic imine (C=N–C) groups is 1. The van der Waals surface area contributed by atoms with Gasteiger partial charge in [0.2, 0.25) is 0 Å². The number of aliphatic carboxylic acids is 1. The Hall–Kier alpha value is -5.07. The van der Waals surface area contributed by atoms with Crippen LogP contribution in [-0.4, -0.2) is 162 Å². The minimum Gasteiger partial charge on any atom is -0.508 e. The van der Waals surface area contributed by atoms with Crippen LogP contribution < -0.4 is 16.8 Å². The van der Waals surface area contributed by atoms with E-state index in [0.29, 0.717) is 5.75 Å². The van der Waals surface area contributed by atoms with Crippen LogP contribution in [0.5, 0.6) is 5.75 Å². The third-order valence-corrected chi connectivity index (χ3v) is 6.17. The van der Waals surface area contributed by atoms with Gasteiger partial charge in [0, 0.05) is 59.8 Å². The topological polar surface area (TPSA) is 225 Å². The van der Waals surface area contributed by atoms with Crippen LogP contribution in [0.1, 0.15) is 62.6 Å². The fraction of sp³-hybridized carbons (Fsp3) is 0.490. The second-order valence-corrected chi connectivity index (χ2v) is 15.3. The SMILES string of the molecule is CC(=O)O.CC(C)=O.CC1=CCc2ccccc21.CCO.CN(C)C.CN1CCOCC1.CN=C(N)N.CNC.COC.CSC.Cc1ccc(O)cc1.Cc1ccccc1.Cc1cnc[nH]1. The Kier molecular flexibility index (Phi) is 69.3. The van der Waals surface area contributed by atoms with Gasteiger partial charge in [-0.3, -0.25) is 9.79 Å². The van der Waals surface area contributed by atoms with Crippen molar-refractivity contribution in [2.75, 3.05) is 109 Å². The number of carbonyl (C=O) groups is 2. The number of nitrogens with one attached hydrogen (secondary N) is 2. The number of aliphatic hydroxyl groups is 1. The van der Waals surface area contributed by atoms with Crippen molar-refractivity contribution in [1.82, 2.24) is 25.1 Å². The number of guanidine groups is 1. The number of aryl methyl sites for hydroxylation is 3. The molecule has 1 saturated heterocycles. The van der Waals surface area contributed by atoms with E-state index in [1.165, 1.54) is 48.7 Å². The van der Waals surface area contributed by atoms with Crippen molar-refractivity contribution < 1.29 is 34.4 Å². The molecule has 0 bridgehead atoms. The third-order valence-electron chi connectivity index (χ3n) is 6.17. The second-order valence-electron chi connectivity index (χ2n) is 14.4. The number of carboxylic acid groups (broad SMARTS) is 1. The molecular formula is C51H94N8O7S. The number of ketones is 1. The number of carbonyl (C=O) groups excluding carboxylic acids is 1. The van der Waals surface area contributed by atoms with Gasteiger partial charge in [-0.1, -0.05) is 83.9 Å². The van der Waals surface area contributed by atoms with Crippen LogP contribution in [0.25, 0.3) is 5.57 Å². The summed E-state index contributed by atoms with van der Waals surface area (Å²) >= 11 is 1.75. The zero-order chi connectivity index (χ0) is 53.4. The van der Waals surface area contributed by atoms with Crippen molar-refractivity contribution in [2.24, 2.45) is 16.5 Å². The van der Waals surface area contributed by atoms with Crippen molar-refractivity contribution in [3.63, 3.8) is 0 Å². The maximum Gasteiger partial charge on any atom is 0.300 e. The Balaban J connectivity index is -0.000000119. The number of aromatic hydroxyl groups is 1. The highest BCUT2D eigenvalue weighted by Crippen LogP contribution is 2.25. The molecule has 386 valence electrons. The lowest BCUT2D eigenvalue weighted by molar-refractivity contribution is -0.134. The first-order valence-electron chi connectivity index (χ1n) is 21.5. The molecule has 0 atom stereocenters. The number of imidazole rings is 1. The van der Waals surface area contributed by atoms with Gasteiger partial charge in [-0.2, -0.15) is 11.8 Å². The first kappa shape index (κ1) is 76.2. The summed E-state index contributed by atoms with van der Waals surface area (Å²) in [5, 5.41) is 26.5. The molecule has 1 aliphatic carbocycles. The molecule has 0 radical (unpaired) electrons. The number of aromatic amines is 1. The molecule has 3 aromatic carbocycles. The Bertz CT molecular complexity index is 1580. The predicted molar refractivity (Wildman–Crippen MR) is 291 cm³/mol. The molecule has 16 heteroatoms. The highest BCUT2D eigenvalue weighted by Gasteiger charge is 2.07. The predicted octanol–water partition coefficient (Wildman–Crippen LogP) is 7.84. The number of nitrogens with two attached hydrogens (primary N) is 2. The number of thioether (sulfide) groups is 1. The number of Topliss-reactive ketones (excluding diaryl/α,β-unsaturated/α-hetero) is 1. The van der Waals surface area contributed by atoms with Crippen molar-refractivity contribution >= 4 is 35.0 Å². The smallest absolute Gasteiger partial charge is 0.300 e. The average Bonchev–Trinajstić information content (AvgIpc) is 3.89. The molecule has 1 fully saturated rings. The number of ether oxygens (including phenoxy) is 2. The van der Waals surface area contributed by atoms with Crippen molar-refractivity contribution in [3.8, 4) is 5.75 Å². The molecule has 0 amide bonds. The maximum absolute atomic E-state index is 9.44. The number of fused-ring (bicyclic) bond motifs is 1. The molecule has 0 unspecified atom stereocenters. The summed E-state index contributed by atoms with van der Waals surface area (Å²) in [6.07, 6.45) is 10.9. The largest absolute Gasteiger partial charge is 0.508 e. The van der Waals surface area contributed by atoms with E-state index in [1.54, 1.807) is 57.6 Å². The van der Waals surface area contributed by atoms with Gasteiger partial charge in [0.05, 0.1) is 19.5 Å². The van der Waals surface area contributed by atoms with E-state index in [2.05, 4.69) is 93.3 Å². The van der Waals surface area contributed by atoms with E-state index in [1.807, 2.05) is 96.8 Å². The maximum atomic E-state index is 9.44. The normalized spacial score (nSPS) is 10.5. The number of aliphatic hydroxyl groups excluding tert-OH is 1. The molecule has 2 aliphatic rings. The summed E-state index contributed by atoms with van der Waals surface area (Å²) in [7, 11) is 16.7. The summed E-state index contributed by atoms with van der Waals surface area (Å²) in [5.41, 5.74) is 17.6.